The highest BCUT2D eigenvalue weighted by Crippen LogP contribution is 2.40. The standard InChI is InChI=1S/C20H25N3O/c1-12(2)9-13-10-14(20(3,4)5)11-16(19(13)24)15-7-6-8-17-18(15)22-23-21-17/h6-8,10-12,24H,9H2,1-5H3,(H,21,22,23). The summed E-state index contributed by atoms with van der Waals surface area (Å²) in [4.78, 5) is 0. The largest absolute Gasteiger partial charge is 0.507 e. The zero-order valence-corrected chi connectivity index (χ0v) is 15.0. The maximum Gasteiger partial charge on any atom is 0.126 e. The lowest BCUT2D eigenvalue weighted by Gasteiger charge is -2.23. The van der Waals surface area contributed by atoms with Crippen LogP contribution >= 0.6 is 0 Å². The fourth-order valence-corrected chi connectivity index (χ4v) is 3.01. The van der Waals surface area contributed by atoms with Gasteiger partial charge in [-0.05, 0) is 41.0 Å². The van der Waals surface area contributed by atoms with Gasteiger partial charge in [0.25, 0.3) is 0 Å². The Hall–Kier alpha value is -2.36. The van der Waals surface area contributed by atoms with Crippen molar-refractivity contribution >= 4 is 11.0 Å². The molecular weight excluding hydrogens is 298 g/mol. The highest BCUT2D eigenvalue weighted by molar-refractivity contribution is 5.93. The van der Waals surface area contributed by atoms with E-state index in [0.29, 0.717) is 11.7 Å². The van der Waals surface area contributed by atoms with Gasteiger partial charge in [0.15, 0.2) is 0 Å². The molecule has 0 fully saturated rings. The fourth-order valence-electron chi connectivity index (χ4n) is 3.01. The molecule has 2 N–H and O–H groups in total. The van der Waals surface area contributed by atoms with E-state index in [4.69, 9.17) is 0 Å². The van der Waals surface area contributed by atoms with Gasteiger partial charge in [-0.1, -0.05) is 52.8 Å². The molecular formula is C20H25N3O. The molecule has 0 aliphatic rings. The second-order valence-electron chi connectivity index (χ2n) is 7.88. The number of fused-ring (bicyclic) bond motifs is 1. The second kappa shape index (κ2) is 5.93. The Morgan fingerprint density at radius 2 is 1.83 bits per heavy atom. The van der Waals surface area contributed by atoms with Gasteiger partial charge in [0.05, 0.1) is 0 Å². The van der Waals surface area contributed by atoms with Gasteiger partial charge < -0.3 is 5.11 Å². The van der Waals surface area contributed by atoms with Crippen molar-refractivity contribution in [1.82, 2.24) is 15.4 Å². The molecule has 1 aromatic heterocycles. The Morgan fingerprint density at radius 3 is 2.50 bits per heavy atom. The summed E-state index contributed by atoms with van der Waals surface area (Å²) >= 11 is 0. The molecule has 2 aromatic carbocycles. The van der Waals surface area contributed by atoms with E-state index >= 15 is 0 Å². The van der Waals surface area contributed by atoms with Crippen molar-refractivity contribution < 1.29 is 5.11 Å². The number of phenols is 1. The van der Waals surface area contributed by atoms with Crippen molar-refractivity contribution in [2.24, 2.45) is 5.92 Å². The lowest BCUT2D eigenvalue weighted by Crippen LogP contribution is -2.12. The Kier molecular flexibility index (Phi) is 4.08. The summed E-state index contributed by atoms with van der Waals surface area (Å²) in [7, 11) is 0. The van der Waals surface area contributed by atoms with E-state index in [1.165, 1.54) is 5.56 Å². The minimum Gasteiger partial charge on any atom is -0.507 e. The van der Waals surface area contributed by atoms with E-state index in [1.807, 2.05) is 18.2 Å². The Bertz CT molecular complexity index is 872. The molecule has 24 heavy (non-hydrogen) atoms. The van der Waals surface area contributed by atoms with Crippen LogP contribution in [0.15, 0.2) is 30.3 Å². The predicted octanol–water partition coefficient (Wildman–Crippen LogP) is 4.83. The van der Waals surface area contributed by atoms with E-state index in [2.05, 4.69) is 62.2 Å². The highest BCUT2D eigenvalue weighted by Gasteiger charge is 2.21. The second-order valence-corrected chi connectivity index (χ2v) is 7.88. The number of phenolic OH excluding ortho intramolecular Hbond substituents is 1. The van der Waals surface area contributed by atoms with Crippen LogP contribution in [0.2, 0.25) is 0 Å². The number of hydrogen-bond donors (Lipinski definition) is 2. The number of aromatic hydroxyl groups is 1. The number of aromatic nitrogens is 3. The van der Waals surface area contributed by atoms with E-state index in [0.717, 1.165) is 34.1 Å². The first-order chi connectivity index (χ1) is 11.3. The Balaban J connectivity index is 2.28. The van der Waals surface area contributed by atoms with Crippen LogP contribution in [0.1, 0.15) is 45.7 Å². The molecule has 0 radical (unpaired) electrons. The normalized spacial score (nSPS) is 12.2. The van der Waals surface area contributed by atoms with Crippen LogP contribution in [0, 0.1) is 5.92 Å². The SMILES string of the molecule is CC(C)Cc1cc(C(C)(C)C)cc(-c2cccc3n[nH]nc23)c1O. The lowest BCUT2D eigenvalue weighted by molar-refractivity contribution is 0.463. The zero-order valence-electron chi connectivity index (χ0n) is 15.0. The monoisotopic (exact) mass is 323 g/mol. The van der Waals surface area contributed by atoms with Crippen LogP contribution in [0.5, 0.6) is 5.75 Å². The predicted molar refractivity (Wildman–Crippen MR) is 98.2 cm³/mol. The highest BCUT2D eigenvalue weighted by atomic mass is 16.3. The number of rotatable bonds is 3. The number of nitrogens with zero attached hydrogens (tertiary/aromatic N) is 2. The summed E-state index contributed by atoms with van der Waals surface area (Å²) in [6.45, 7) is 10.9. The van der Waals surface area contributed by atoms with Crippen molar-refractivity contribution in [2.75, 3.05) is 0 Å². The van der Waals surface area contributed by atoms with Gasteiger partial charge in [-0.25, -0.2) is 0 Å². The van der Waals surface area contributed by atoms with Gasteiger partial charge >= 0.3 is 0 Å². The van der Waals surface area contributed by atoms with Crippen LogP contribution < -0.4 is 0 Å². The lowest BCUT2D eigenvalue weighted by atomic mass is 9.82. The van der Waals surface area contributed by atoms with Crippen LogP contribution in [-0.2, 0) is 11.8 Å². The molecule has 0 aliphatic carbocycles. The first-order valence-electron chi connectivity index (χ1n) is 8.43. The molecule has 3 aromatic rings. The van der Waals surface area contributed by atoms with Crippen molar-refractivity contribution in [1.29, 1.82) is 0 Å². The summed E-state index contributed by atoms with van der Waals surface area (Å²) in [5.41, 5.74) is 5.55. The quantitative estimate of drug-likeness (QED) is 0.726. The number of nitrogens with one attached hydrogen (secondary N) is 1. The summed E-state index contributed by atoms with van der Waals surface area (Å²) in [6.07, 6.45) is 0.845. The minimum absolute atomic E-state index is 0.00585. The number of aromatic amines is 1. The molecule has 1 heterocycles. The number of para-hydroxylation sites is 1. The maximum absolute atomic E-state index is 10.9. The molecule has 0 bridgehead atoms. The molecule has 0 amide bonds. The molecule has 126 valence electrons. The van der Waals surface area contributed by atoms with E-state index in [1.54, 1.807) is 0 Å². The van der Waals surface area contributed by atoms with Crippen molar-refractivity contribution in [3.63, 3.8) is 0 Å². The maximum atomic E-state index is 10.9. The molecule has 3 rings (SSSR count). The topological polar surface area (TPSA) is 61.8 Å². The third kappa shape index (κ3) is 3.01. The first kappa shape index (κ1) is 16.5. The van der Waals surface area contributed by atoms with Gasteiger partial charge in [0.2, 0.25) is 0 Å². The van der Waals surface area contributed by atoms with Crippen molar-refractivity contribution in [3.8, 4) is 16.9 Å². The van der Waals surface area contributed by atoms with Crippen molar-refractivity contribution in [3.05, 3.63) is 41.5 Å². The average Bonchev–Trinajstić information content (AvgIpc) is 2.96. The van der Waals surface area contributed by atoms with Crippen LogP contribution in [0.4, 0.5) is 0 Å². The van der Waals surface area contributed by atoms with E-state index in [9.17, 15) is 5.11 Å². The number of hydrogen-bond acceptors (Lipinski definition) is 3. The smallest absolute Gasteiger partial charge is 0.126 e. The molecule has 4 nitrogen and oxygen atoms in total. The summed E-state index contributed by atoms with van der Waals surface area (Å²) in [5, 5.41) is 22.0. The Labute approximate surface area is 142 Å². The van der Waals surface area contributed by atoms with Crippen molar-refractivity contribution in [2.45, 2.75) is 46.5 Å². The fraction of sp³-hybridized carbons (Fsp3) is 0.400. The molecule has 0 unspecified atom stereocenters. The van der Waals surface area contributed by atoms with Crippen LogP contribution in [0.25, 0.3) is 22.2 Å². The minimum atomic E-state index is 0.00585. The average molecular weight is 323 g/mol. The van der Waals surface area contributed by atoms with Gasteiger partial charge in [0.1, 0.15) is 16.8 Å². The zero-order chi connectivity index (χ0) is 17.5. The van der Waals surface area contributed by atoms with Gasteiger partial charge in [0, 0.05) is 11.1 Å². The van der Waals surface area contributed by atoms with Gasteiger partial charge in [-0.2, -0.15) is 15.4 Å². The summed E-state index contributed by atoms with van der Waals surface area (Å²) in [5.74, 6) is 0.828. The van der Waals surface area contributed by atoms with Gasteiger partial charge in [-0.15, -0.1) is 0 Å². The number of benzene rings is 2. The van der Waals surface area contributed by atoms with E-state index < -0.39 is 0 Å². The molecule has 0 saturated carbocycles. The number of H-pyrrole nitrogens is 1. The van der Waals surface area contributed by atoms with Gasteiger partial charge in [-0.3, -0.25) is 0 Å². The molecule has 0 saturated heterocycles. The Morgan fingerprint density at radius 1 is 1.08 bits per heavy atom. The first-order valence-corrected chi connectivity index (χ1v) is 8.43. The van der Waals surface area contributed by atoms with Crippen LogP contribution in [0.3, 0.4) is 0 Å². The summed E-state index contributed by atoms with van der Waals surface area (Å²) < 4.78 is 0. The third-order valence-corrected chi connectivity index (χ3v) is 4.32. The third-order valence-electron chi connectivity index (χ3n) is 4.32. The summed E-state index contributed by atoms with van der Waals surface area (Å²) in [6, 6.07) is 10.1. The van der Waals surface area contributed by atoms with Crippen LogP contribution in [-0.4, -0.2) is 20.5 Å². The molecule has 0 atom stereocenters. The molecule has 0 aliphatic heterocycles. The van der Waals surface area contributed by atoms with E-state index in [-0.39, 0.29) is 5.41 Å². The molecule has 4 heteroatoms. The molecule has 0 spiro atoms.